The Balaban J connectivity index is 0.00000225. The largest absolute Gasteiger partial charge is 0.483 e. The van der Waals surface area contributed by atoms with Crippen LogP contribution in [0.25, 0.3) is 10.8 Å². The minimum atomic E-state index is -0.480. The van der Waals surface area contributed by atoms with E-state index in [1.165, 1.54) is 5.56 Å². The first kappa shape index (κ1) is 18.8. The van der Waals surface area contributed by atoms with Gasteiger partial charge in [0.2, 0.25) is 0 Å². The molecule has 3 rings (SSSR count). The standard InChI is InChI=1S/C20H20N2O2.ClH/c21-20(23)14-24-19-11-10-16-8-4-5-9-17(16)18(19)13-22-12-15-6-2-1-3-7-15;/h1-11,22H,12-14H2,(H2,21,23);1H. The molecule has 25 heavy (non-hydrogen) atoms. The van der Waals surface area contributed by atoms with Crippen molar-refractivity contribution >= 4 is 29.1 Å². The molecule has 0 saturated carbocycles. The van der Waals surface area contributed by atoms with Gasteiger partial charge in [0, 0.05) is 18.7 Å². The van der Waals surface area contributed by atoms with Gasteiger partial charge in [0.25, 0.3) is 5.91 Å². The number of rotatable bonds is 7. The first-order valence-corrected chi connectivity index (χ1v) is 7.90. The van der Waals surface area contributed by atoms with Gasteiger partial charge in [-0.3, -0.25) is 4.79 Å². The molecule has 0 aliphatic carbocycles. The van der Waals surface area contributed by atoms with Crippen LogP contribution in [0.15, 0.2) is 66.7 Å². The van der Waals surface area contributed by atoms with Crippen molar-refractivity contribution in [3.63, 3.8) is 0 Å². The van der Waals surface area contributed by atoms with E-state index in [2.05, 4.69) is 29.6 Å². The number of halogens is 1. The summed E-state index contributed by atoms with van der Waals surface area (Å²) in [6, 6.07) is 22.2. The van der Waals surface area contributed by atoms with E-state index in [4.69, 9.17) is 10.5 Å². The number of carbonyl (C=O) groups excluding carboxylic acids is 1. The van der Waals surface area contributed by atoms with Crippen LogP contribution in [-0.2, 0) is 17.9 Å². The normalized spacial score (nSPS) is 10.2. The quantitative estimate of drug-likeness (QED) is 0.681. The fraction of sp³-hybridized carbons (Fsp3) is 0.150. The Morgan fingerprint density at radius 2 is 1.64 bits per heavy atom. The molecule has 0 bridgehead atoms. The van der Waals surface area contributed by atoms with Gasteiger partial charge in [0.15, 0.2) is 6.61 Å². The smallest absolute Gasteiger partial charge is 0.255 e. The molecule has 3 aromatic carbocycles. The molecule has 3 aromatic rings. The average molecular weight is 357 g/mol. The van der Waals surface area contributed by atoms with Crippen molar-refractivity contribution in [2.75, 3.05) is 6.61 Å². The molecule has 5 heteroatoms. The molecule has 0 aliphatic heterocycles. The first-order chi connectivity index (χ1) is 11.7. The highest BCUT2D eigenvalue weighted by Crippen LogP contribution is 2.28. The van der Waals surface area contributed by atoms with E-state index in [9.17, 15) is 4.79 Å². The Morgan fingerprint density at radius 3 is 2.40 bits per heavy atom. The lowest BCUT2D eigenvalue weighted by Gasteiger charge is -2.14. The predicted octanol–water partition coefficient (Wildman–Crippen LogP) is 3.42. The molecule has 0 unspecified atom stereocenters. The van der Waals surface area contributed by atoms with Crippen LogP contribution in [0.2, 0.25) is 0 Å². The molecular weight excluding hydrogens is 336 g/mol. The third kappa shape index (κ3) is 4.95. The molecule has 0 radical (unpaired) electrons. The van der Waals surface area contributed by atoms with Crippen LogP contribution in [0, 0.1) is 0 Å². The highest BCUT2D eigenvalue weighted by atomic mass is 35.5. The number of fused-ring (bicyclic) bond motifs is 1. The molecule has 0 heterocycles. The summed E-state index contributed by atoms with van der Waals surface area (Å²) in [5, 5.41) is 5.69. The van der Waals surface area contributed by atoms with Gasteiger partial charge in [0.05, 0.1) is 0 Å². The van der Waals surface area contributed by atoms with Crippen molar-refractivity contribution < 1.29 is 9.53 Å². The van der Waals surface area contributed by atoms with Crippen LogP contribution in [-0.4, -0.2) is 12.5 Å². The van der Waals surface area contributed by atoms with Crippen LogP contribution in [0.4, 0.5) is 0 Å². The van der Waals surface area contributed by atoms with E-state index in [1.807, 2.05) is 42.5 Å². The second kappa shape index (κ2) is 9.06. The second-order valence-electron chi connectivity index (χ2n) is 5.61. The minimum absolute atomic E-state index is 0. The summed E-state index contributed by atoms with van der Waals surface area (Å²) in [5.74, 6) is 0.208. The summed E-state index contributed by atoms with van der Waals surface area (Å²) >= 11 is 0. The zero-order valence-electron chi connectivity index (χ0n) is 13.8. The lowest BCUT2D eigenvalue weighted by molar-refractivity contribution is -0.119. The number of nitrogens with two attached hydrogens (primary N) is 1. The predicted molar refractivity (Wildman–Crippen MR) is 103 cm³/mol. The Morgan fingerprint density at radius 1 is 0.920 bits per heavy atom. The summed E-state index contributed by atoms with van der Waals surface area (Å²) in [6.07, 6.45) is 0. The van der Waals surface area contributed by atoms with Crippen molar-refractivity contribution in [1.29, 1.82) is 0 Å². The van der Waals surface area contributed by atoms with E-state index >= 15 is 0 Å². The van der Waals surface area contributed by atoms with Crippen LogP contribution < -0.4 is 15.8 Å². The van der Waals surface area contributed by atoms with E-state index in [1.54, 1.807) is 0 Å². The fourth-order valence-corrected chi connectivity index (χ4v) is 2.71. The molecular formula is C20H21ClN2O2. The Labute approximate surface area is 153 Å². The van der Waals surface area contributed by atoms with E-state index in [0.717, 1.165) is 22.9 Å². The van der Waals surface area contributed by atoms with Gasteiger partial charge in [-0.05, 0) is 22.4 Å². The maximum atomic E-state index is 11.0. The van der Waals surface area contributed by atoms with Gasteiger partial charge in [-0.2, -0.15) is 0 Å². The van der Waals surface area contributed by atoms with Gasteiger partial charge in [0.1, 0.15) is 5.75 Å². The van der Waals surface area contributed by atoms with Crippen LogP contribution in [0.1, 0.15) is 11.1 Å². The summed E-state index contributed by atoms with van der Waals surface area (Å²) in [6.45, 7) is 1.29. The third-order valence-corrected chi connectivity index (χ3v) is 3.84. The topological polar surface area (TPSA) is 64.4 Å². The number of primary amides is 1. The van der Waals surface area contributed by atoms with Crippen molar-refractivity contribution in [3.8, 4) is 5.75 Å². The van der Waals surface area contributed by atoms with E-state index < -0.39 is 5.91 Å². The number of hydrogen-bond acceptors (Lipinski definition) is 3. The van der Waals surface area contributed by atoms with Crippen molar-refractivity contribution in [2.45, 2.75) is 13.1 Å². The number of carbonyl (C=O) groups is 1. The number of hydrogen-bond donors (Lipinski definition) is 2. The summed E-state index contributed by atoms with van der Waals surface area (Å²) in [4.78, 5) is 11.0. The molecule has 0 aliphatic rings. The zero-order valence-corrected chi connectivity index (χ0v) is 14.6. The van der Waals surface area contributed by atoms with Crippen molar-refractivity contribution in [2.24, 2.45) is 5.73 Å². The third-order valence-electron chi connectivity index (χ3n) is 3.84. The zero-order chi connectivity index (χ0) is 16.8. The number of amides is 1. The Hall–Kier alpha value is -2.56. The average Bonchev–Trinajstić information content (AvgIpc) is 2.61. The fourth-order valence-electron chi connectivity index (χ4n) is 2.71. The van der Waals surface area contributed by atoms with Gasteiger partial charge >= 0.3 is 0 Å². The maximum absolute atomic E-state index is 11.0. The number of nitrogens with one attached hydrogen (secondary N) is 1. The molecule has 0 saturated heterocycles. The minimum Gasteiger partial charge on any atom is -0.483 e. The van der Waals surface area contributed by atoms with Crippen molar-refractivity contribution in [3.05, 3.63) is 77.9 Å². The lowest BCUT2D eigenvalue weighted by Crippen LogP contribution is -2.21. The highest BCUT2D eigenvalue weighted by molar-refractivity contribution is 5.88. The summed E-state index contributed by atoms with van der Waals surface area (Å²) in [5.41, 5.74) is 7.45. The molecule has 1 amide bonds. The van der Waals surface area contributed by atoms with Crippen LogP contribution in [0.5, 0.6) is 5.75 Å². The molecule has 130 valence electrons. The maximum Gasteiger partial charge on any atom is 0.255 e. The molecule has 0 fully saturated rings. The van der Waals surface area contributed by atoms with Gasteiger partial charge in [-0.1, -0.05) is 60.7 Å². The van der Waals surface area contributed by atoms with Gasteiger partial charge in [-0.25, -0.2) is 0 Å². The number of benzene rings is 3. The van der Waals surface area contributed by atoms with Gasteiger partial charge in [-0.15, -0.1) is 12.4 Å². The molecule has 0 atom stereocenters. The van der Waals surface area contributed by atoms with E-state index in [0.29, 0.717) is 12.3 Å². The lowest BCUT2D eigenvalue weighted by atomic mass is 10.0. The summed E-state index contributed by atoms with van der Waals surface area (Å²) < 4.78 is 5.59. The molecule has 3 N–H and O–H groups in total. The van der Waals surface area contributed by atoms with Crippen LogP contribution in [0.3, 0.4) is 0 Å². The highest BCUT2D eigenvalue weighted by Gasteiger charge is 2.09. The first-order valence-electron chi connectivity index (χ1n) is 7.90. The summed E-state index contributed by atoms with van der Waals surface area (Å²) in [7, 11) is 0. The van der Waals surface area contributed by atoms with E-state index in [-0.39, 0.29) is 19.0 Å². The Bertz CT molecular complexity index is 837. The number of ether oxygens (including phenoxy) is 1. The Kier molecular flexibility index (Phi) is 6.81. The molecule has 4 nitrogen and oxygen atoms in total. The SMILES string of the molecule is Cl.NC(=O)COc1ccc2ccccc2c1CNCc1ccccc1. The molecule has 0 aromatic heterocycles. The molecule has 0 spiro atoms. The van der Waals surface area contributed by atoms with Crippen molar-refractivity contribution in [1.82, 2.24) is 5.32 Å². The second-order valence-corrected chi connectivity index (χ2v) is 5.61. The van der Waals surface area contributed by atoms with Crippen LogP contribution >= 0.6 is 12.4 Å². The van der Waals surface area contributed by atoms with Gasteiger partial charge < -0.3 is 15.8 Å². The monoisotopic (exact) mass is 356 g/mol.